The first-order valence-corrected chi connectivity index (χ1v) is 14.0. The van der Waals surface area contributed by atoms with Gasteiger partial charge in [-0.05, 0) is 48.7 Å². The Morgan fingerprint density at radius 3 is 1.52 bits per heavy atom. The topological polar surface area (TPSA) is 0 Å². The van der Waals surface area contributed by atoms with Crippen molar-refractivity contribution in [3.63, 3.8) is 0 Å². The average Bonchev–Trinajstić information content (AvgIpc) is 2.47. The molecule has 0 nitrogen and oxygen atoms in total. The highest BCUT2D eigenvalue weighted by molar-refractivity contribution is 8.22. The van der Waals surface area contributed by atoms with E-state index >= 15 is 0 Å². The van der Waals surface area contributed by atoms with Gasteiger partial charge in [-0.25, -0.2) is 0 Å². The smallest absolute Gasteiger partial charge is 0.0106 e. The predicted molar refractivity (Wildman–Crippen MR) is 107 cm³/mol. The summed E-state index contributed by atoms with van der Waals surface area (Å²) in [5.41, 5.74) is 0. The Morgan fingerprint density at radius 1 is 0.714 bits per heavy atom. The summed E-state index contributed by atoms with van der Waals surface area (Å²) >= 11 is 11.8. The molecule has 0 N–H and O–H groups in total. The Morgan fingerprint density at radius 2 is 1.14 bits per heavy atom. The van der Waals surface area contributed by atoms with Gasteiger partial charge in [-0.2, -0.15) is 0 Å². The Labute approximate surface area is 139 Å². The van der Waals surface area contributed by atoms with Crippen LogP contribution in [0.25, 0.3) is 0 Å². The maximum absolute atomic E-state index is 6.21. The van der Waals surface area contributed by atoms with Crippen LogP contribution in [-0.4, -0.2) is 25.7 Å². The summed E-state index contributed by atoms with van der Waals surface area (Å²) in [4.78, 5) is 0. The summed E-state index contributed by atoms with van der Waals surface area (Å²) in [6, 6.07) is 18.5. The van der Waals surface area contributed by atoms with E-state index in [-0.39, 0.29) is 0 Å². The average molecular weight is 352 g/mol. The van der Waals surface area contributed by atoms with Gasteiger partial charge in [0.1, 0.15) is 0 Å². The van der Waals surface area contributed by atoms with Gasteiger partial charge in [0.05, 0.1) is 0 Å². The highest BCUT2D eigenvalue weighted by Gasteiger charge is 2.21. The zero-order valence-electron chi connectivity index (χ0n) is 12.6. The normalized spacial score (nSPS) is 12.3. The van der Waals surface area contributed by atoms with Crippen LogP contribution in [0.5, 0.6) is 0 Å². The Kier molecular flexibility index (Phi) is 5.97. The van der Waals surface area contributed by atoms with E-state index in [1.807, 2.05) is 0 Å². The summed E-state index contributed by atoms with van der Waals surface area (Å²) in [5, 5.41) is 2.65. The molecule has 0 aliphatic carbocycles. The van der Waals surface area contributed by atoms with Gasteiger partial charge in [-0.3, -0.25) is 0 Å². The number of benzene rings is 2. The molecule has 0 spiro atoms. The van der Waals surface area contributed by atoms with Crippen molar-refractivity contribution in [2.24, 2.45) is 0 Å². The fraction of sp³-hybridized carbons (Fsp3) is 0.294. The van der Waals surface area contributed by atoms with Crippen LogP contribution in [-0.2, 0) is 23.6 Å². The van der Waals surface area contributed by atoms with Gasteiger partial charge < -0.3 is 0 Å². The minimum absolute atomic E-state index is 1.08. The predicted octanol–water partition coefficient (Wildman–Crippen LogP) is 4.25. The van der Waals surface area contributed by atoms with E-state index in [0.717, 1.165) is 18.7 Å². The van der Waals surface area contributed by atoms with Crippen LogP contribution in [0.2, 0.25) is 0 Å². The molecule has 2 rings (SSSR count). The lowest BCUT2D eigenvalue weighted by Crippen LogP contribution is -2.18. The van der Waals surface area contributed by atoms with Gasteiger partial charge in [-0.1, -0.05) is 84.3 Å². The molecule has 0 atom stereocenters. The van der Waals surface area contributed by atoms with Crippen LogP contribution in [0, 0.1) is 0 Å². The maximum Gasteiger partial charge on any atom is 0.0106 e. The highest BCUT2D eigenvalue weighted by Crippen LogP contribution is 2.46. The van der Waals surface area contributed by atoms with Crippen molar-refractivity contribution in [3.8, 4) is 0 Å². The van der Waals surface area contributed by atoms with E-state index in [0.29, 0.717) is 0 Å². The SMILES string of the molecule is CP(C)(=S)CCCP(=S)(c1ccccc1)c1ccccc1. The molecule has 4 heteroatoms. The third-order valence-electron chi connectivity index (χ3n) is 3.52. The second kappa shape index (κ2) is 7.34. The largest absolute Gasteiger partial charge is 0.0980 e. The minimum atomic E-state index is -1.71. The standard InChI is InChI=1S/C17H22P2S2/c1-18(2,20)14-9-15-19(21,16-10-5-3-6-11-16)17-12-7-4-8-13-17/h3-8,10-13H,9,14-15H2,1-2H3. The molecule has 0 saturated heterocycles. The number of hydrogen-bond donors (Lipinski definition) is 0. The summed E-state index contributed by atoms with van der Waals surface area (Å²) in [6.07, 6.45) is 3.38. The molecule has 0 aliphatic rings. The lowest BCUT2D eigenvalue weighted by Gasteiger charge is -2.24. The lowest BCUT2D eigenvalue weighted by molar-refractivity contribution is 1.11. The molecule has 2 aromatic carbocycles. The summed E-state index contributed by atoms with van der Waals surface area (Å²) in [7, 11) is 0. The second-order valence-electron chi connectivity index (χ2n) is 5.79. The van der Waals surface area contributed by atoms with Gasteiger partial charge in [-0.15, -0.1) is 0 Å². The van der Waals surface area contributed by atoms with Crippen LogP contribution in [0.1, 0.15) is 6.42 Å². The first-order chi connectivity index (χ1) is 9.92. The van der Waals surface area contributed by atoms with Crippen molar-refractivity contribution in [1.29, 1.82) is 0 Å². The molecule has 0 saturated carbocycles. The molecule has 112 valence electrons. The Bertz CT molecular complexity index is 616. The maximum atomic E-state index is 6.21. The highest BCUT2D eigenvalue weighted by atomic mass is 32.4. The van der Waals surface area contributed by atoms with Crippen molar-refractivity contribution >= 4 is 46.3 Å². The molecule has 0 aliphatic heterocycles. The van der Waals surface area contributed by atoms with Crippen LogP contribution in [0.3, 0.4) is 0 Å². The Balaban J connectivity index is 2.32. The zero-order chi connectivity index (χ0) is 15.3. The van der Waals surface area contributed by atoms with Crippen molar-refractivity contribution in [3.05, 3.63) is 60.7 Å². The molecule has 0 bridgehead atoms. The van der Waals surface area contributed by atoms with Crippen LogP contribution >= 0.6 is 12.1 Å². The fourth-order valence-corrected chi connectivity index (χ4v) is 7.82. The van der Waals surface area contributed by atoms with Crippen LogP contribution in [0.15, 0.2) is 60.7 Å². The quantitative estimate of drug-likeness (QED) is 0.713. The van der Waals surface area contributed by atoms with E-state index in [1.54, 1.807) is 0 Å². The molecule has 2 aromatic rings. The lowest BCUT2D eigenvalue weighted by atomic mass is 10.4. The van der Waals surface area contributed by atoms with Crippen molar-refractivity contribution in [2.75, 3.05) is 25.7 Å². The van der Waals surface area contributed by atoms with Gasteiger partial charge in [0.15, 0.2) is 0 Å². The van der Waals surface area contributed by atoms with Crippen molar-refractivity contribution < 1.29 is 0 Å². The summed E-state index contributed by atoms with van der Waals surface area (Å²) in [5.74, 6) is 0. The molecule has 0 radical (unpaired) electrons. The van der Waals surface area contributed by atoms with E-state index in [2.05, 4.69) is 74.0 Å². The van der Waals surface area contributed by atoms with E-state index < -0.39 is 12.1 Å². The van der Waals surface area contributed by atoms with Crippen molar-refractivity contribution in [2.45, 2.75) is 6.42 Å². The molecular formula is C17H22P2S2. The monoisotopic (exact) mass is 352 g/mol. The van der Waals surface area contributed by atoms with E-state index in [1.165, 1.54) is 10.6 Å². The molecule has 0 amide bonds. The number of rotatable bonds is 6. The van der Waals surface area contributed by atoms with Crippen molar-refractivity contribution in [1.82, 2.24) is 0 Å². The molecular weight excluding hydrogens is 330 g/mol. The van der Waals surface area contributed by atoms with E-state index in [4.69, 9.17) is 23.6 Å². The zero-order valence-corrected chi connectivity index (χ0v) is 16.0. The second-order valence-corrected chi connectivity index (χ2v) is 17.2. The minimum Gasteiger partial charge on any atom is -0.0980 e. The summed E-state index contributed by atoms with van der Waals surface area (Å²) in [6.45, 7) is 4.47. The Hall–Kier alpha value is -0.260. The first-order valence-electron chi connectivity index (χ1n) is 7.16. The van der Waals surface area contributed by atoms with Crippen LogP contribution in [0.4, 0.5) is 0 Å². The molecule has 0 aromatic heterocycles. The first kappa shape index (κ1) is 17.1. The van der Waals surface area contributed by atoms with Crippen LogP contribution < -0.4 is 10.6 Å². The fourth-order valence-electron chi connectivity index (χ4n) is 2.42. The van der Waals surface area contributed by atoms with Gasteiger partial charge in [0.2, 0.25) is 0 Å². The third kappa shape index (κ3) is 4.86. The van der Waals surface area contributed by atoms with E-state index in [9.17, 15) is 0 Å². The van der Waals surface area contributed by atoms with Gasteiger partial charge in [0, 0.05) is 6.04 Å². The third-order valence-corrected chi connectivity index (χ3v) is 10.5. The summed E-state index contributed by atoms with van der Waals surface area (Å²) < 4.78 is 0. The van der Waals surface area contributed by atoms with Gasteiger partial charge in [0.25, 0.3) is 0 Å². The molecule has 0 fully saturated rings. The molecule has 21 heavy (non-hydrogen) atoms. The van der Waals surface area contributed by atoms with Gasteiger partial charge >= 0.3 is 0 Å². The number of hydrogen-bond acceptors (Lipinski definition) is 2. The molecule has 0 heterocycles. The molecule has 0 unspecified atom stereocenters.